The second-order valence-electron chi connectivity index (χ2n) is 4.65. The van der Waals surface area contributed by atoms with Crippen molar-refractivity contribution < 1.29 is 14.7 Å². The quantitative estimate of drug-likeness (QED) is 0.522. The smallest absolute Gasteiger partial charge is 0.337 e. The van der Waals surface area contributed by atoms with Gasteiger partial charge in [0.2, 0.25) is 0 Å². The van der Waals surface area contributed by atoms with Gasteiger partial charge in [0.1, 0.15) is 0 Å². The lowest BCUT2D eigenvalue weighted by Gasteiger charge is -2.14. The van der Waals surface area contributed by atoms with Crippen molar-refractivity contribution in [1.82, 2.24) is 5.32 Å². The molecule has 0 unspecified atom stereocenters. The molecule has 2 aromatic carbocycles. The molecule has 0 saturated heterocycles. The Labute approximate surface area is 171 Å². The van der Waals surface area contributed by atoms with Crippen LogP contribution in [0.15, 0.2) is 34.8 Å². The number of carbonyl (C=O) groups excluding carboxylic acids is 1. The fourth-order valence-electron chi connectivity index (χ4n) is 1.86. The predicted octanol–water partition coefficient (Wildman–Crippen LogP) is 5.23. The maximum Gasteiger partial charge on any atom is 0.337 e. The lowest BCUT2D eigenvalue weighted by atomic mass is 10.2. The summed E-state index contributed by atoms with van der Waals surface area (Å²) in [6.07, 6.45) is 0. The maximum absolute atomic E-state index is 12.3. The Bertz CT molecular complexity index is 893. The molecule has 0 aliphatic heterocycles. The molecule has 5 nitrogen and oxygen atoms in total. The highest BCUT2D eigenvalue weighted by molar-refractivity contribution is 9.10. The molecule has 0 saturated carbocycles. The van der Waals surface area contributed by atoms with E-state index in [9.17, 15) is 14.7 Å². The zero-order valence-corrected chi connectivity index (χ0v) is 16.7. The minimum atomic E-state index is -1.25. The summed E-state index contributed by atoms with van der Waals surface area (Å²) < 4.78 is 0.662. The third-order valence-electron chi connectivity index (χ3n) is 2.92. The van der Waals surface area contributed by atoms with E-state index < -0.39 is 11.9 Å². The molecule has 2 rings (SSSR count). The van der Waals surface area contributed by atoms with E-state index in [1.807, 2.05) is 0 Å². The summed E-state index contributed by atoms with van der Waals surface area (Å²) >= 11 is 26.1. The first kappa shape index (κ1) is 19.9. The monoisotopic (exact) mass is 480 g/mol. The lowest BCUT2D eigenvalue weighted by Crippen LogP contribution is -2.34. The third-order valence-corrected chi connectivity index (χ3v) is 4.47. The summed E-state index contributed by atoms with van der Waals surface area (Å²) in [6.45, 7) is 0. The number of rotatable bonds is 3. The first-order valence-corrected chi connectivity index (χ1v) is 8.82. The van der Waals surface area contributed by atoms with Crippen LogP contribution >= 0.6 is 63.0 Å². The largest absolute Gasteiger partial charge is 0.478 e. The average molecular weight is 483 g/mol. The van der Waals surface area contributed by atoms with E-state index in [2.05, 4.69) is 26.6 Å². The number of aromatic carboxylic acids is 1. The average Bonchev–Trinajstić information content (AvgIpc) is 2.51. The molecule has 0 radical (unpaired) electrons. The molecule has 0 aliphatic rings. The van der Waals surface area contributed by atoms with Gasteiger partial charge in [-0.1, -0.05) is 50.7 Å². The number of benzene rings is 2. The van der Waals surface area contributed by atoms with Gasteiger partial charge in [-0.15, -0.1) is 0 Å². The molecule has 130 valence electrons. The summed E-state index contributed by atoms with van der Waals surface area (Å²) in [6, 6.07) is 7.33. The van der Waals surface area contributed by atoms with Crippen molar-refractivity contribution in [3.63, 3.8) is 0 Å². The maximum atomic E-state index is 12.3. The minimum Gasteiger partial charge on any atom is -0.478 e. The molecular weight excluding hydrogens is 475 g/mol. The van der Waals surface area contributed by atoms with E-state index in [4.69, 9.17) is 47.0 Å². The SMILES string of the molecule is O=C(NC(=S)Nc1c(Cl)cc(Cl)cc1C(=O)O)c1cc(Br)ccc1Cl. The molecule has 10 heteroatoms. The highest BCUT2D eigenvalue weighted by Crippen LogP contribution is 2.30. The van der Waals surface area contributed by atoms with Crippen molar-refractivity contribution in [2.24, 2.45) is 0 Å². The van der Waals surface area contributed by atoms with Crippen molar-refractivity contribution in [1.29, 1.82) is 0 Å². The Kier molecular flexibility index (Phi) is 6.65. The highest BCUT2D eigenvalue weighted by Gasteiger charge is 2.18. The van der Waals surface area contributed by atoms with Crippen LogP contribution in [0.2, 0.25) is 15.1 Å². The van der Waals surface area contributed by atoms with Crippen molar-refractivity contribution in [2.75, 3.05) is 5.32 Å². The number of carbonyl (C=O) groups is 2. The Hall–Kier alpha value is -1.38. The second-order valence-corrected chi connectivity index (χ2v) is 7.22. The van der Waals surface area contributed by atoms with E-state index in [0.29, 0.717) is 4.47 Å². The normalized spacial score (nSPS) is 10.2. The molecule has 0 fully saturated rings. The lowest BCUT2D eigenvalue weighted by molar-refractivity contribution is 0.0697. The van der Waals surface area contributed by atoms with Crippen LogP contribution < -0.4 is 10.6 Å². The van der Waals surface area contributed by atoms with Crippen molar-refractivity contribution in [3.05, 3.63) is 61.0 Å². The van der Waals surface area contributed by atoms with Crippen LogP contribution in [0.25, 0.3) is 0 Å². The van der Waals surface area contributed by atoms with Crippen LogP contribution in [-0.2, 0) is 0 Å². The number of thiocarbonyl (C=S) groups is 1. The third kappa shape index (κ3) is 5.05. The summed E-state index contributed by atoms with van der Waals surface area (Å²) in [5, 5.41) is 14.5. The predicted molar refractivity (Wildman–Crippen MR) is 106 cm³/mol. The second kappa shape index (κ2) is 8.33. The number of carboxylic acids is 1. The highest BCUT2D eigenvalue weighted by atomic mass is 79.9. The zero-order chi connectivity index (χ0) is 18.7. The van der Waals surface area contributed by atoms with Crippen LogP contribution in [-0.4, -0.2) is 22.1 Å². The number of amides is 1. The number of carboxylic acid groups (broad SMARTS) is 1. The number of anilines is 1. The van der Waals surface area contributed by atoms with Crippen LogP contribution in [0, 0.1) is 0 Å². The van der Waals surface area contributed by atoms with Gasteiger partial charge in [0, 0.05) is 9.50 Å². The Morgan fingerprint density at radius 1 is 1.04 bits per heavy atom. The van der Waals surface area contributed by atoms with Crippen LogP contribution in [0.1, 0.15) is 20.7 Å². The number of nitrogens with one attached hydrogen (secondary N) is 2. The molecule has 0 bridgehead atoms. The van der Waals surface area contributed by atoms with Crippen LogP contribution in [0.4, 0.5) is 5.69 Å². The van der Waals surface area contributed by atoms with E-state index in [1.165, 1.54) is 18.2 Å². The topological polar surface area (TPSA) is 78.4 Å². The molecule has 1 amide bonds. The van der Waals surface area contributed by atoms with Gasteiger partial charge < -0.3 is 10.4 Å². The summed E-state index contributed by atoms with van der Waals surface area (Å²) in [4.78, 5) is 23.6. The van der Waals surface area contributed by atoms with E-state index >= 15 is 0 Å². The number of hydrogen-bond donors (Lipinski definition) is 3. The Morgan fingerprint density at radius 2 is 1.72 bits per heavy atom. The molecule has 0 aliphatic carbocycles. The van der Waals surface area contributed by atoms with Crippen molar-refractivity contribution in [2.45, 2.75) is 0 Å². The van der Waals surface area contributed by atoms with Gasteiger partial charge in [-0.3, -0.25) is 10.1 Å². The molecule has 0 aromatic heterocycles. The van der Waals surface area contributed by atoms with Crippen molar-refractivity contribution in [3.8, 4) is 0 Å². The van der Waals surface area contributed by atoms with Gasteiger partial charge in [0.15, 0.2) is 5.11 Å². The summed E-state index contributed by atoms with van der Waals surface area (Å²) in [5.41, 5.74) is 0.0274. The molecule has 0 atom stereocenters. The van der Waals surface area contributed by atoms with E-state index in [-0.39, 0.29) is 37.0 Å². The van der Waals surface area contributed by atoms with Gasteiger partial charge >= 0.3 is 5.97 Å². The van der Waals surface area contributed by atoms with Gasteiger partial charge in [0.25, 0.3) is 5.91 Å². The molecule has 0 heterocycles. The minimum absolute atomic E-state index is 0.0178. The van der Waals surface area contributed by atoms with Gasteiger partial charge in [0.05, 0.1) is 26.9 Å². The number of halogens is 4. The molecular formula is C15H8BrCl3N2O3S. The number of hydrogen-bond acceptors (Lipinski definition) is 3. The molecule has 25 heavy (non-hydrogen) atoms. The molecule has 3 N–H and O–H groups in total. The molecule has 2 aromatic rings. The first-order chi connectivity index (χ1) is 11.7. The van der Waals surface area contributed by atoms with E-state index in [1.54, 1.807) is 12.1 Å². The van der Waals surface area contributed by atoms with Crippen LogP contribution in [0.5, 0.6) is 0 Å². The van der Waals surface area contributed by atoms with E-state index in [0.717, 1.165) is 0 Å². The van der Waals surface area contributed by atoms with Gasteiger partial charge in [-0.2, -0.15) is 0 Å². The van der Waals surface area contributed by atoms with Gasteiger partial charge in [-0.25, -0.2) is 4.79 Å². The van der Waals surface area contributed by atoms with Crippen molar-refractivity contribution >= 4 is 85.6 Å². The summed E-state index contributed by atoms with van der Waals surface area (Å²) in [7, 11) is 0. The molecule has 0 spiro atoms. The first-order valence-electron chi connectivity index (χ1n) is 6.48. The Morgan fingerprint density at radius 3 is 2.36 bits per heavy atom. The summed E-state index contributed by atoms with van der Waals surface area (Å²) in [5.74, 6) is -1.82. The fraction of sp³-hybridized carbons (Fsp3) is 0. The standard InChI is InChI=1S/C15H8BrCl3N2O3S/c16-6-1-2-10(18)8(3-6)13(22)21-15(25)20-12-9(14(23)24)4-7(17)5-11(12)19/h1-5H,(H,23,24)(H2,20,21,22,25). The van der Waals surface area contributed by atoms with Gasteiger partial charge in [-0.05, 0) is 42.5 Å². The fourth-order valence-corrected chi connectivity index (χ4v) is 3.16. The Balaban J connectivity index is 2.22. The zero-order valence-electron chi connectivity index (χ0n) is 12.1. The van der Waals surface area contributed by atoms with Crippen LogP contribution in [0.3, 0.4) is 0 Å².